The zero-order valence-electron chi connectivity index (χ0n) is 25.3. The van der Waals surface area contributed by atoms with Gasteiger partial charge < -0.3 is 19.8 Å². The Balaban J connectivity index is 1.55. The molecule has 10 nitrogen and oxygen atoms in total. The van der Waals surface area contributed by atoms with Crippen molar-refractivity contribution in [2.24, 2.45) is 5.92 Å². The summed E-state index contributed by atoms with van der Waals surface area (Å²) in [6.07, 6.45) is 3.90. The molecule has 2 aromatic carbocycles. The normalized spacial score (nSPS) is 11.8. The van der Waals surface area contributed by atoms with E-state index in [2.05, 4.69) is 17.6 Å². The Kier molecular flexibility index (Phi) is 12.5. The largest absolute Gasteiger partial charge is 0.456 e. The predicted octanol–water partition coefficient (Wildman–Crippen LogP) is 5.49. The van der Waals surface area contributed by atoms with E-state index in [4.69, 9.17) is 14.0 Å². The molecule has 3 aromatic rings. The number of carbonyl (C=O) groups excluding carboxylic acids is 4. The lowest BCUT2D eigenvalue weighted by Gasteiger charge is -2.23. The summed E-state index contributed by atoms with van der Waals surface area (Å²) in [7, 11) is 0. The van der Waals surface area contributed by atoms with E-state index in [0.717, 1.165) is 29.9 Å². The number of amides is 3. The molecule has 3 amide bonds. The van der Waals surface area contributed by atoms with E-state index in [-0.39, 0.29) is 31.5 Å². The van der Waals surface area contributed by atoms with Crippen LogP contribution in [0.5, 0.6) is 0 Å². The first-order valence-electron chi connectivity index (χ1n) is 14.5. The zero-order chi connectivity index (χ0) is 31.2. The molecule has 0 bridgehead atoms. The molecule has 2 N–H and O–H groups in total. The van der Waals surface area contributed by atoms with Gasteiger partial charge in [-0.25, -0.2) is 9.86 Å². The molecule has 230 valence electrons. The van der Waals surface area contributed by atoms with Crippen LogP contribution in [0.25, 0.3) is 11.3 Å². The number of nitrogens with zero attached hydrogens (tertiary/aromatic N) is 1. The van der Waals surface area contributed by atoms with E-state index in [0.29, 0.717) is 29.7 Å². The van der Waals surface area contributed by atoms with Crippen molar-refractivity contribution in [3.8, 4) is 11.3 Å². The molecule has 0 radical (unpaired) electrons. The number of hydroxylamine groups is 2. The van der Waals surface area contributed by atoms with E-state index in [1.54, 1.807) is 51.1 Å². The number of carbonyl (C=O) groups is 4. The van der Waals surface area contributed by atoms with Crippen molar-refractivity contribution >= 4 is 24.2 Å². The van der Waals surface area contributed by atoms with Crippen molar-refractivity contribution in [2.75, 3.05) is 13.2 Å². The van der Waals surface area contributed by atoms with Crippen molar-refractivity contribution in [3.63, 3.8) is 0 Å². The Labute approximate surface area is 252 Å². The standard InChI is InChI=1S/C33H41N3O7/c1-5-6-8-14-27(20-36(23-37)41-21-24-12-9-7-10-13-24)30(38)34-22-35-31(39)29-18-17-28(42-29)25-15-11-16-26(19-25)32(40)43-33(2,3)4/h7,9-13,15-19,23,27H,5-6,8,14,20-22H2,1-4H3,(H,34,38)(H,35,39)/t27-/m1/s1. The molecule has 1 atom stereocenters. The van der Waals surface area contributed by atoms with Gasteiger partial charge in [0.15, 0.2) is 5.76 Å². The van der Waals surface area contributed by atoms with E-state index in [1.165, 1.54) is 6.07 Å². The van der Waals surface area contributed by atoms with Crippen LogP contribution in [-0.2, 0) is 25.8 Å². The average molecular weight is 592 g/mol. The lowest BCUT2D eigenvalue weighted by atomic mass is 10.0. The molecule has 0 fully saturated rings. The van der Waals surface area contributed by atoms with Gasteiger partial charge in [-0.1, -0.05) is 68.7 Å². The minimum absolute atomic E-state index is 0.0489. The van der Waals surface area contributed by atoms with Crippen LogP contribution in [0.3, 0.4) is 0 Å². The van der Waals surface area contributed by atoms with E-state index in [9.17, 15) is 19.2 Å². The SMILES string of the molecule is CCCCC[C@H](CN(C=O)OCc1ccccc1)C(=O)NCNC(=O)c1ccc(-c2cccc(C(=O)OC(C)(C)C)c2)o1. The van der Waals surface area contributed by atoms with Gasteiger partial charge in [-0.2, -0.15) is 0 Å². The Morgan fingerprint density at radius 2 is 1.74 bits per heavy atom. The second-order valence-electron chi connectivity index (χ2n) is 11.1. The number of nitrogens with one attached hydrogen (secondary N) is 2. The van der Waals surface area contributed by atoms with Crippen LogP contribution in [0.1, 0.15) is 79.9 Å². The van der Waals surface area contributed by atoms with Gasteiger partial charge in [-0.05, 0) is 57.0 Å². The Hall–Kier alpha value is -4.44. The molecule has 0 saturated heterocycles. The molecule has 10 heteroatoms. The van der Waals surface area contributed by atoms with Crippen LogP contribution in [0.4, 0.5) is 0 Å². The van der Waals surface area contributed by atoms with Gasteiger partial charge in [0.1, 0.15) is 18.0 Å². The highest BCUT2D eigenvalue weighted by Gasteiger charge is 2.23. The maximum atomic E-state index is 13.0. The third-order valence-corrected chi connectivity index (χ3v) is 6.41. The third kappa shape index (κ3) is 11.1. The first kappa shape index (κ1) is 33.1. The molecule has 0 aliphatic heterocycles. The van der Waals surface area contributed by atoms with Crippen molar-refractivity contribution in [1.82, 2.24) is 15.7 Å². The van der Waals surface area contributed by atoms with Crippen molar-refractivity contribution in [2.45, 2.75) is 65.6 Å². The van der Waals surface area contributed by atoms with Gasteiger partial charge in [0, 0.05) is 5.56 Å². The summed E-state index contributed by atoms with van der Waals surface area (Å²) in [5.41, 5.74) is 1.25. The van der Waals surface area contributed by atoms with Gasteiger partial charge in [0.25, 0.3) is 5.91 Å². The minimum Gasteiger partial charge on any atom is -0.456 e. The number of hydrogen-bond acceptors (Lipinski definition) is 7. The predicted molar refractivity (Wildman–Crippen MR) is 161 cm³/mol. The van der Waals surface area contributed by atoms with E-state index >= 15 is 0 Å². The Bertz CT molecular complexity index is 1350. The smallest absolute Gasteiger partial charge is 0.338 e. The summed E-state index contributed by atoms with van der Waals surface area (Å²) in [5, 5.41) is 6.50. The third-order valence-electron chi connectivity index (χ3n) is 6.41. The fourth-order valence-electron chi connectivity index (χ4n) is 4.22. The fraction of sp³-hybridized carbons (Fsp3) is 0.394. The number of benzene rings is 2. The maximum Gasteiger partial charge on any atom is 0.338 e. The van der Waals surface area contributed by atoms with Gasteiger partial charge in [-0.15, -0.1) is 0 Å². The summed E-state index contributed by atoms with van der Waals surface area (Å²) < 4.78 is 11.2. The van der Waals surface area contributed by atoms with Crippen LogP contribution in [-0.4, -0.2) is 48.1 Å². The number of unbranched alkanes of at least 4 members (excludes halogenated alkanes) is 2. The Morgan fingerprint density at radius 3 is 2.44 bits per heavy atom. The molecule has 3 rings (SSSR count). The molecular weight excluding hydrogens is 550 g/mol. The van der Waals surface area contributed by atoms with Crippen LogP contribution in [0.15, 0.2) is 71.1 Å². The molecular formula is C33H41N3O7. The monoisotopic (exact) mass is 591 g/mol. The lowest BCUT2D eigenvalue weighted by Crippen LogP contribution is -2.43. The maximum absolute atomic E-state index is 13.0. The summed E-state index contributed by atoms with van der Waals surface area (Å²) in [5.74, 6) is -1.34. The van der Waals surface area contributed by atoms with Gasteiger partial charge >= 0.3 is 5.97 Å². The zero-order valence-corrected chi connectivity index (χ0v) is 25.3. The second-order valence-corrected chi connectivity index (χ2v) is 11.1. The number of rotatable bonds is 16. The molecule has 0 saturated carbocycles. The second kappa shape index (κ2) is 16.3. The summed E-state index contributed by atoms with van der Waals surface area (Å²) >= 11 is 0. The molecule has 1 aromatic heterocycles. The van der Waals surface area contributed by atoms with Crippen LogP contribution in [0, 0.1) is 5.92 Å². The molecule has 0 spiro atoms. The highest BCUT2D eigenvalue weighted by Crippen LogP contribution is 2.24. The summed E-state index contributed by atoms with van der Waals surface area (Å²) in [6.45, 7) is 7.62. The average Bonchev–Trinajstić information content (AvgIpc) is 3.49. The minimum atomic E-state index is -0.627. The number of esters is 1. The topological polar surface area (TPSA) is 127 Å². The molecule has 0 aliphatic rings. The highest BCUT2D eigenvalue weighted by atomic mass is 16.7. The quantitative estimate of drug-likeness (QED) is 0.0741. The number of furan rings is 1. The van der Waals surface area contributed by atoms with E-state index in [1.807, 2.05) is 30.3 Å². The molecule has 0 unspecified atom stereocenters. The summed E-state index contributed by atoms with van der Waals surface area (Å²) in [4.78, 5) is 55.5. The van der Waals surface area contributed by atoms with Crippen molar-refractivity contribution in [1.29, 1.82) is 0 Å². The molecule has 0 aliphatic carbocycles. The summed E-state index contributed by atoms with van der Waals surface area (Å²) in [6, 6.07) is 19.4. The van der Waals surface area contributed by atoms with Gasteiger partial charge in [-0.3, -0.25) is 19.2 Å². The first-order valence-corrected chi connectivity index (χ1v) is 14.5. The first-order chi connectivity index (χ1) is 20.6. The highest BCUT2D eigenvalue weighted by molar-refractivity contribution is 5.93. The van der Waals surface area contributed by atoms with Crippen LogP contribution >= 0.6 is 0 Å². The Morgan fingerprint density at radius 1 is 0.977 bits per heavy atom. The van der Waals surface area contributed by atoms with Crippen LogP contribution < -0.4 is 10.6 Å². The van der Waals surface area contributed by atoms with Crippen molar-refractivity contribution in [3.05, 3.63) is 83.6 Å². The molecule has 1 heterocycles. The lowest BCUT2D eigenvalue weighted by molar-refractivity contribution is -0.182. The van der Waals surface area contributed by atoms with Crippen LogP contribution in [0.2, 0.25) is 0 Å². The molecule has 43 heavy (non-hydrogen) atoms. The van der Waals surface area contributed by atoms with Gasteiger partial charge in [0.2, 0.25) is 12.3 Å². The van der Waals surface area contributed by atoms with Gasteiger partial charge in [0.05, 0.1) is 24.7 Å². The van der Waals surface area contributed by atoms with Crippen molar-refractivity contribution < 1.29 is 33.2 Å². The van der Waals surface area contributed by atoms with E-state index < -0.39 is 23.4 Å². The fourth-order valence-corrected chi connectivity index (χ4v) is 4.22. The number of hydrogen-bond donors (Lipinski definition) is 2. The number of ether oxygens (including phenoxy) is 1.